The van der Waals surface area contributed by atoms with Crippen LogP contribution in [0.2, 0.25) is 0 Å². The van der Waals surface area contributed by atoms with Crippen LogP contribution < -0.4 is 9.47 Å². The van der Waals surface area contributed by atoms with E-state index in [0.717, 1.165) is 12.1 Å². The smallest absolute Gasteiger partial charge is 0.433 e. The van der Waals surface area contributed by atoms with Gasteiger partial charge in [0.2, 0.25) is 5.88 Å². The number of rotatable bonds is 3. The van der Waals surface area contributed by atoms with Crippen molar-refractivity contribution in [2.75, 3.05) is 7.11 Å². The number of alkyl halides is 3. The zero-order valence-corrected chi connectivity index (χ0v) is 10.8. The molecule has 7 heteroatoms. The number of para-hydroxylation sites is 2. The number of halogens is 3. The van der Waals surface area contributed by atoms with Crippen LogP contribution in [0.15, 0.2) is 36.4 Å². The highest BCUT2D eigenvalue weighted by atomic mass is 19.4. The van der Waals surface area contributed by atoms with Crippen LogP contribution in [0.5, 0.6) is 17.4 Å². The molecule has 1 heterocycles. The number of nitriles is 1. The largest absolute Gasteiger partial charge is 0.493 e. The zero-order chi connectivity index (χ0) is 15.5. The lowest BCUT2D eigenvalue weighted by atomic mass is 10.2. The molecular formula is C14H9F3N2O2. The van der Waals surface area contributed by atoms with E-state index in [1.54, 1.807) is 24.3 Å². The van der Waals surface area contributed by atoms with Gasteiger partial charge in [0.1, 0.15) is 17.3 Å². The Morgan fingerprint density at radius 3 is 2.33 bits per heavy atom. The van der Waals surface area contributed by atoms with Crippen molar-refractivity contribution in [3.63, 3.8) is 0 Å². The van der Waals surface area contributed by atoms with Crippen molar-refractivity contribution in [2.24, 2.45) is 0 Å². The molecule has 4 nitrogen and oxygen atoms in total. The maximum absolute atomic E-state index is 12.7. The molecule has 0 bridgehead atoms. The fraction of sp³-hybridized carbons (Fsp3) is 0.143. The molecule has 1 aromatic heterocycles. The van der Waals surface area contributed by atoms with E-state index in [9.17, 15) is 13.2 Å². The Labute approximate surface area is 118 Å². The summed E-state index contributed by atoms with van der Waals surface area (Å²) in [5.74, 6) is 0.0701. The van der Waals surface area contributed by atoms with Gasteiger partial charge in [-0.2, -0.15) is 18.4 Å². The van der Waals surface area contributed by atoms with Crippen molar-refractivity contribution in [1.29, 1.82) is 5.26 Å². The van der Waals surface area contributed by atoms with Gasteiger partial charge in [0.15, 0.2) is 11.5 Å². The molecule has 0 saturated heterocycles. The number of nitrogens with zero attached hydrogens (tertiary/aromatic N) is 2. The molecule has 0 atom stereocenters. The third kappa shape index (κ3) is 3.23. The van der Waals surface area contributed by atoms with Gasteiger partial charge in [0.05, 0.1) is 7.11 Å². The van der Waals surface area contributed by atoms with Crippen LogP contribution in [0.4, 0.5) is 13.2 Å². The van der Waals surface area contributed by atoms with Crippen LogP contribution in [0.3, 0.4) is 0 Å². The van der Waals surface area contributed by atoms with Crippen LogP contribution in [-0.4, -0.2) is 12.1 Å². The van der Waals surface area contributed by atoms with E-state index in [-0.39, 0.29) is 11.3 Å². The molecule has 0 fully saturated rings. The quantitative estimate of drug-likeness (QED) is 0.864. The Kier molecular flexibility index (Phi) is 3.98. The first-order valence-corrected chi connectivity index (χ1v) is 5.75. The van der Waals surface area contributed by atoms with Gasteiger partial charge in [0, 0.05) is 0 Å². The van der Waals surface area contributed by atoms with Gasteiger partial charge >= 0.3 is 6.18 Å². The molecule has 0 unspecified atom stereocenters. The molecule has 0 spiro atoms. The highest BCUT2D eigenvalue weighted by molar-refractivity contribution is 5.46. The van der Waals surface area contributed by atoms with Crippen molar-refractivity contribution in [3.8, 4) is 23.4 Å². The summed E-state index contributed by atoms with van der Waals surface area (Å²) in [6.45, 7) is 0. The second-order valence-corrected chi connectivity index (χ2v) is 3.91. The average molecular weight is 294 g/mol. The monoisotopic (exact) mass is 294 g/mol. The van der Waals surface area contributed by atoms with Crippen LogP contribution in [0, 0.1) is 11.3 Å². The number of ether oxygens (including phenoxy) is 2. The standard InChI is InChI=1S/C14H9F3N2O2/c1-20-10-4-2-3-5-11(10)21-13-9(8-18)6-7-12(19-13)14(15,16)17/h2-7H,1H3. The molecule has 0 amide bonds. The number of methoxy groups -OCH3 is 1. The molecule has 0 saturated carbocycles. The normalized spacial score (nSPS) is 10.8. The lowest BCUT2D eigenvalue weighted by Crippen LogP contribution is -2.09. The first-order valence-electron chi connectivity index (χ1n) is 5.75. The minimum absolute atomic E-state index is 0.103. The van der Waals surface area contributed by atoms with Gasteiger partial charge in [0.25, 0.3) is 0 Å². The van der Waals surface area contributed by atoms with Gasteiger partial charge in [-0.3, -0.25) is 0 Å². The minimum atomic E-state index is -4.62. The highest BCUT2D eigenvalue weighted by Crippen LogP contribution is 2.34. The second-order valence-electron chi connectivity index (χ2n) is 3.91. The SMILES string of the molecule is COc1ccccc1Oc1nc(C(F)(F)F)ccc1C#N. The summed E-state index contributed by atoms with van der Waals surface area (Å²) in [4.78, 5) is 3.36. The van der Waals surface area contributed by atoms with Crippen molar-refractivity contribution in [1.82, 2.24) is 4.98 Å². The molecule has 0 radical (unpaired) electrons. The number of benzene rings is 1. The molecule has 0 aliphatic heterocycles. The van der Waals surface area contributed by atoms with Gasteiger partial charge in [-0.15, -0.1) is 0 Å². The van der Waals surface area contributed by atoms with Crippen molar-refractivity contribution in [3.05, 3.63) is 47.7 Å². The molecular weight excluding hydrogens is 285 g/mol. The predicted molar refractivity (Wildman–Crippen MR) is 67.0 cm³/mol. The van der Waals surface area contributed by atoms with Gasteiger partial charge < -0.3 is 9.47 Å². The highest BCUT2D eigenvalue weighted by Gasteiger charge is 2.33. The van der Waals surface area contributed by atoms with Gasteiger partial charge in [-0.25, -0.2) is 4.98 Å². The van der Waals surface area contributed by atoms with E-state index in [1.165, 1.54) is 13.2 Å². The summed E-state index contributed by atoms with van der Waals surface area (Å²) in [6, 6.07) is 9.86. The lowest BCUT2D eigenvalue weighted by Gasteiger charge is -2.12. The Morgan fingerprint density at radius 2 is 1.76 bits per heavy atom. The van der Waals surface area contributed by atoms with Crippen LogP contribution in [-0.2, 0) is 6.18 Å². The fourth-order valence-corrected chi connectivity index (χ4v) is 1.57. The van der Waals surface area contributed by atoms with Crippen LogP contribution in [0.25, 0.3) is 0 Å². The molecule has 2 rings (SSSR count). The molecule has 1 aromatic carbocycles. The summed E-state index contributed by atoms with van der Waals surface area (Å²) >= 11 is 0. The number of pyridine rings is 1. The first-order chi connectivity index (χ1) is 9.95. The average Bonchev–Trinajstić information content (AvgIpc) is 2.47. The summed E-state index contributed by atoms with van der Waals surface area (Å²) in [5.41, 5.74) is -1.24. The molecule has 0 N–H and O–H groups in total. The van der Waals surface area contributed by atoms with E-state index in [2.05, 4.69) is 4.98 Å². The van der Waals surface area contributed by atoms with Crippen molar-refractivity contribution >= 4 is 0 Å². The zero-order valence-electron chi connectivity index (χ0n) is 10.8. The van der Waals surface area contributed by atoms with Crippen LogP contribution in [0.1, 0.15) is 11.3 Å². The van der Waals surface area contributed by atoms with Gasteiger partial charge in [-0.1, -0.05) is 12.1 Å². The minimum Gasteiger partial charge on any atom is -0.493 e. The summed E-state index contributed by atoms with van der Waals surface area (Å²) < 4.78 is 48.3. The Morgan fingerprint density at radius 1 is 1.10 bits per heavy atom. The van der Waals surface area contributed by atoms with Crippen LogP contribution >= 0.6 is 0 Å². The molecule has 0 aliphatic carbocycles. The topological polar surface area (TPSA) is 55.1 Å². The Bertz CT molecular complexity index is 693. The van der Waals surface area contributed by atoms with Crippen molar-refractivity contribution in [2.45, 2.75) is 6.18 Å². The molecule has 0 aliphatic rings. The Hall–Kier alpha value is -2.75. The summed E-state index contributed by atoms with van der Waals surface area (Å²) in [5, 5.41) is 8.93. The molecule has 108 valence electrons. The van der Waals surface area contributed by atoms with E-state index in [4.69, 9.17) is 14.7 Å². The third-order valence-corrected chi connectivity index (χ3v) is 2.55. The molecule has 2 aromatic rings. The van der Waals surface area contributed by atoms with E-state index in [0.29, 0.717) is 5.75 Å². The van der Waals surface area contributed by atoms with Gasteiger partial charge in [-0.05, 0) is 24.3 Å². The number of hydrogen-bond donors (Lipinski definition) is 0. The fourth-order valence-electron chi connectivity index (χ4n) is 1.57. The maximum Gasteiger partial charge on any atom is 0.433 e. The van der Waals surface area contributed by atoms with Crippen molar-refractivity contribution < 1.29 is 22.6 Å². The predicted octanol–water partition coefficient (Wildman–Crippen LogP) is 3.77. The third-order valence-electron chi connectivity index (χ3n) is 2.55. The molecule has 21 heavy (non-hydrogen) atoms. The maximum atomic E-state index is 12.7. The Balaban J connectivity index is 2.45. The number of aromatic nitrogens is 1. The second kappa shape index (κ2) is 5.71. The first kappa shape index (κ1) is 14.7. The summed E-state index contributed by atoms with van der Waals surface area (Å²) in [6.07, 6.45) is -4.62. The summed E-state index contributed by atoms with van der Waals surface area (Å²) in [7, 11) is 1.40. The van der Waals surface area contributed by atoms with E-state index in [1.807, 2.05) is 0 Å². The van der Waals surface area contributed by atoms with E-state index < -0.39 is 17.8 Å². The lowest BCUT2D eigenvalue weighted by molar-refractivity contribution is -0.141. The van der Waals surface area contributed by atoms with E-state index >= 15 is 0 Å². The number of hydrogen-bond acceptors (Lipinski definition) is 4.